The Kier molecular flexibility index (Phi) is 2.20. The number of hydrogen-bond acceptors (Lipinski definition) is 3. The lowest BCUT2D eigenvalue weighted by Crippen LogP contribution is -2.40. The van der Waals surface area contributed by atoms with Gasteiger partial charge in [-0.15, -0.1) is 0 Å². The van der Waals surface area contributed by atoms with Crippen LogP contribution in [0.15, 0.2) is 18.7 Å². The highest BCUT2D eigenvalue weighted by Gasteiger charge is 2.44. The third-order valence-electron chi connectivity index (χ3n) is 4.02. The van der Waals surface area contributed by atoms with Crippen molar-refractivity contribution >= 4 is 0 Å². The lowest BCUT2D eigenvalue weighted by atomic mass is 9.93. The van der Waals surface area contributed by atoms with Crippen LogP contribution in [0.2, 0.25) is 0 Å². The predicted molar refractivity (Wildman–Crippen MR) is 58.2 cm³/mol. The Labute approximate surface area is 90.3 Å². The first-order valence-electron chi connectivity index (χ1n) is 5.85. The van der Waals surface area contributed by atoms with Crippen LogP contribution in [0.4, 0.5) is 0 Å². The molecule has 0 atom stereocenters. The third kappa shape index (κ3) is 1.76. The van der Waals surface area contributed by atoms with E-state index in [9.17, 15) is 0 Å². The molecule has 2 fully saturated rings. The number of aromatic nitrogens is 2. The minimum Gasteiger partial charge on any atom is -0.307 e. The summed E-state index contributed by atoms with van der Waals surface area (Å²) in [5.74, 6) is 1.00. The van der Waals surface area contributed by atoms with E-state index in [0.717, 1.165) is 12.5 Å². The molecule has 1 N–H and O–H groups in total. The molecule has 0 aliphatic heterocycles. The van der Waals surface area contributed by atoms with E-state index < -0.39 is 0 Å². The van der Waals surface area contributed by atoms with Crippen LogP contribution in [-0.4, -0.2) is 15.5 Å². The molecule has 0 amide bonds. The van der Waals surface area contributed by atoms with Crippen molar-refractivity contribution in [1.29, 1.82) is 0 Å². The number of nitrogens with one attached hydrogen (secondary N) is 1. The molecule has 1 aromatic heterocycles. The zero-order valence-electron chi connectivity index (χ0n) is 8.95. The molecule has 1 heterocycles. The minimum absolute atomic E-state index is 0.459. The fraction of sp³-hybridized carbons (Fsp3) is 0.667. The van der Waals surface area contributed by atoms with Gasteiger partial charge >= 0.3 is 0 Å². The molecule has 0 radical (unpaired) electrons. The van der Waals surface area contributed by atoms with E-state index in [0.29, 0.717) is 5.54 Å². The first-order chi connectivity index (χ1) is 7.36. The van der Waals surface area contributed by atoms with Crippen molar-refractivity contribution in [3.63, 3.8) is 0 Å². The highest BCUT2D eigenvalue weighted by Crippen LogP contribution is 2.47. The Morgan fingerprint density at radius 3 is 2.60 bits per heavy atom. The number of fused-ring (bicyclic) bond motifs is 2. The van der Waals surface area contributed by atoms with Crippen LogP contribution in [-0.2, 0) is 6.54 Å². The summed E-state index contributed by atoms with van der Waals surface area (Å²) in [4.78, 5) is 8.08. The van der Waals surface area contributed by atoms with Gasteiger partial charge in [-0.3, -0.25) is 0 Å². The second-order valence-electron chi connectivity index (χ2n) is 5.03. The Hall–Kier alpha value is -0.960. The zero-order chi connectivity index (χ0) is 10.1. The van der Waals surface area contributed by atoms with Gasteiger partial charge in [-0.2, -0.15) is 0 Å². The van der Waals surface area contributed by atoms with Gasteiger partial charge < -0.3 is 5.32 Å². The molecule has 0 saturated heterocycles. The van der Waals surface area contributed by atoms with E-state index in [4.69, 9.17) is 0 Å². The van der Waals surface area contributed by atoms with Crippen LogP contribution in [0.5, 0.6) is 0 Å². The quantitative estimate of drug-likeness (QED) is 0.815. The van der Waals surface area contributed by atoms with Crippen molar-refractivity contribution in [3.05, 3.63) is 24.3 Å². The van der Waals surface area contributed by atoms with Gasteiger partial charge in [0.05, 0.1) is 0 Å². The second-order valence-corrected chi connectivity index (χ2v) is 5.03. The summed E-state index contributed by atoms with van der Waals surface area (Å²) in [6, 6.07) is 0. The SMILES string of the molecule is c1ncc(CNC23CCC(CC2)C3)cn1. The highest BCUT2D eigenvalue weighted by molar-refractivity contribution is 5.07. The molecule has 2 bridgehead atoms. The van der Waals surface area contributed by atoms with Crippen LogP contribution in [0.25, 0.3) is 0 Å². The molecular formula is C12H17N3. The second kappa shape index (κ2) is 3.56. The van der Waals surface area contributed by atoms with Crippen molar-refractivity contribution in [2.45, 2.75) is 44.2 Å². The monoisotopic (exact) mass is 203 g/mol. The molecule has 80 valence electrons. The summed E-state index contributed by atoms with van der Waals surface area (Å²) >= 11 is 0. The fourth-order valence-electron chi connectivity index (χ4n) is 3.15. The standard InChI is InChI=1S/C12H17N3/c1-3-12(4-2-10(1)5-12)15-8-11-6-13-9-14-7-11/h6-7,9-10,15H,1-5,8H2. The lowest BCUT2D eigenvalue weighted by molar-refractivity contribution is 0.325. The van der Waals surface area contributed by atoms with Crippen molar-refractivity contribution in [2.75, 3.05) is 0 Å². The van der Waals surface area contributed by atoms with Crippen LogP contribution in [0, 0.1) is 5.92 Å². The lowest BCUT2D eigenvalue weighted by Gasteiger charge is -2.28. The number of nitrogens with zero attached hydrogens (tertiary/aromatic N) is 2. The molecule has 3 rings (SSSR count). The van der Waals surface area contributed by atoms with E-state index in [1.165, 1.54) is 37.7 Å². The van der Waals surface area contributed by atoms with Gasteiger partial charge in [-0.1, -0.05) is 0 Å². The smallest absolute Gasteiger partial charge is 0.115 e. The fourth-order valence-corrected chi connectivity index (χ4v) is 3.15. The van der Waals surface area contributed by atoms with Gasteiger partial charge in [0.25, 0.3) is 0 Å². The van der Waals surface area contributed by atoms with Crippen LogP contribution < -0.4 is 5.32 Å². The maximum absolute atomic E-state index is 4.04. The first-order valence-corrected chi connectivity index (χ1v) is 5.85. The summed E-state index contributed by atoms with van der Waals surface area (Å²) in [6.07, 6.45) is 12.4. The van der Waals surface area contributed by atoms with Crippen molar-refractivity contribution in [1.82, 2.24) is 15.3 Å². The summed E-state index contributed by atoms with van der Waals surface area (Å²) < 4.78 is 0. The molecule has 3 heteroatoms. The highest BCUT2D eigenvalue weighted by atomic mass is 15.0. The van der Waals surface area contributed by atoms with E-state index in [1.54, 1.807) is 6.33 Å². The summed E-state index contributed by atoms with van der Waals surface area (Å²) in [5.41, 5.74) is 1.66. The molecule has 2 aliphatic carbocycles. The van der Waals surface area contributed by atoms with Gasteiger partial charge in [0.15, 0.2) is 0 Å². The van der Waals surface area contributed by atoms with Gasteiger partial charge in [0.1, 0.15) is 6.33 Å². The van der Waals surface area contributed by atoms with Gasteiger partial charge in [0.2, 0.25) is 0 Å². The normalized spacial score (nSPS) is 33.5. The van der Waals surface area contributed by atoms with E-state index in [2.05, 4.69) is 15.3 Å². The number of rotatable bonds is 3. The Morgan fingerprint density at radius 2 is 2.00 bits per heavy atom. The summed E-state index contributed by atoms with van der Waals surface area (Å²) in [5, 5.41) is 3.72. The van der Waals surface area contributed by atoms with Gasteiger partial charge in [-0.25, -0.2) is 9.97 Å². The molecule has 15 heavy (non-hydrogen) atoms. The van der Waals surface area contributed by atoms with Crippen LogP contribution in [0.1, 0.15) is 37.7 Å². The molecule has 0 unspecified atom stereocenters. The molecule has 2 aliphatic rings. The Bertz CT molecular complexity index is 328. The van der Waals surface area contributed by atoms with E-state index >= 15 is 0 Å². The average molecular weight is 203 g/mol. The predicted octanol–water partition coefficient (Wildman–Crippen LogP) is 1.90. The maximum atomic E-state index is 4.04. The largest absolute Gasteiger partial charge is 0.307 e. The average Bonchev–Trinajstić information content (AvgIpc) is 2.89. The summed E-state index contributed by atoms with van der Waals surface area (Å²) in [6.45, 7) is 0.924. The van der Waals surface area contributed by atoms with E-state index in [1.807, 2.05) is 12.4 Å². The Morgan fingerprint density at radius 1 is 1.27 bits per heavy atom. The molecular weight excluding hydrogens is 186 g/mol. The van der Waals surface area contributed by atoms with Gasteiger partial charge in [0, 0.05) is 30.0 Å². The molecule has 0 spiro atoms. The van der Waals surface area contributed by atoms with Crippen LogP contribution >= 0.6 is 0 Å². The topological polar surface area (TPSA) is 37.8 Å². The van der Waals surface area contributed by atoms with Gasteiger partial charge in [-0.05, 0) is 38.0 Å². The first kappa shape index (κ1) is 9.28. The zero-order valence-corrected chi connectivity index (χ0v) is 8.95. The third-order valence-corrected chi connectivity index (χ3v) is 4.02. The van der Waals surface area contributed by atoms with E-state index in [-0.39, 0.29) is 0 Å². The molecule has 3 nitrogen and oxygen atoms in total. The maximum Gasteiger partial charge on any atom is 0.115 e. The van der Waals surface area contributed by atoms with Crippen molar-refractivity contribution in [2.24, 2.45) is 5.92 Å². The Balaban J connectivity index is 1.62. The van der Waals surface area contributed by atoms with Crippen molar-refractivity contribution in [3.8, 4) is 0 Å². The van der Waals surface area contributed by atoms with Crippen molar-refractivity contribution < 1.29 is 0 Å². The summed E-state index contributed by atoms with van der Waals surface area (Å²) in [7, 11) is 0. The van der Waals surface area contributed by atoms with Crippen LogP contribution in [0.3, 0.4) is 0 Å². The molecule has 0 aromatic carbocycles. The molecule has 1 aromatic rings. The molecule has 2 saturated carbocycles. The number of hydrogen-bond donors (Lipinski definition) is 1. The minimum atomic E-state index is 0.459.